The van der Waals surface area contributed by atoms with Crippen molar-refractivity contribution in [3.63, 3.8) is 0 Å². The Morgan fingerprint density at radius 3 is 2.56 bits per heavy atom. The molecule has 7 rings (SSSR count). The molecule has 0 amide bonds. The normalized spacial score (nSPS) is 33.6. The lowest BCUT2D eigenvalue weighted by Crippen LogP contribution is -2.41. The number of benzene rings is 2. The second-order valence-electron chi connectivity index (χ2n) is 11.0. The summed E-state index contributed by atoms with van der Waals surface area (Å²) in [6, 6.07) is 11.2. The molecule has 1 N–H and O–H groups in total. The third-order valence-corrected chi connectivity index (χ3v) is 9.33. The first-order valence-corrected chi connectivity index (χ1v) is 12.4. The van der Waals surface area contributed by atoms with E-state index in [1.807, 2.05) is 12.3 Å². The molecule has 0 aliphatic heterocycles. The van der Waals surface area contributed by atoms with Crippen LogP contribution in [0.2, 0.25) is 0 Å². The zero-order valence-electron chi connectivity index (χ0n) is 18.9. The first kappa shape index (κ1) is 20.7. The number of fused-ring (bicyclic) bond motifs is 5. The minimum Gasteiger partial charge on any atom is -0.372 e. The minimum absolute atomic E-state index is 0.0384. The summed E-state index contributed by atoms with van der Waals surface area (Å²) in [7, 11) is 0. The summed E-state index contributed by atoms with van der Waals surface area (Å²) in [6.07, 6.45) is 7.76. The Labute approximate surface area is 196 Å². The molecule has 176 valence electrons. The monoisotopic (exact) mass is 464 g/mol. The van der Waals surface area contributed by atoms with E-state index >= 15 is 0 Å². The highest BCUT2D eigenvalue weighted by Crippen LogP contribution is 2.60. The van der Waals surface area contributed by atoms with E-state index in [0.29, 0.717) is 22.6 Å². The first-order chi connectivity index (χ1) is 16.3. The largest absolute Gasteiger partial charge is 0.425 e. The van der Waals surface area contributed by atoms with Crippen LogP contribution in [0.3, 0.4) is 0 Å². The van der Waals surface area contributed by atoms with E-state index in [-0.39, 0.29) is 16.7 Å². The fourth-order valence-corrected chi connectivity index (χ4v) is 8.03. The van der Waals surface area contributed by atoms with Crippen LogP contribution in [-0.4, -0.2) is 21.1 Å². The molecule has 4 aliphatic carbocycles. The molecule has 34 heavy (non-hydrogen) atoms. The number of aromatic nitrogens is 2. The molecule has 4 aliphatic rings. The summed E-state index contributed by atoms with van der Waals surface area (Å²) in [6.45, 7) is 0. The van der Waals surface area contributed by atoms with Crippen molar-refractivity contribution in [3.8, 4) is 22.3 Å². The molecule has 5 atom stereocenters. The van der Waals surface area contributed by atoms with Gasteiger partial charge in [0.25, 0.3) is 0 Å². The van der Waals surface area contributed by atoms with Crippen molar-refractivity contribution in [1.29, 1.82) is 0 Å². The maximum Gasteiger partial charge on any atom is 0.425 e. The van der Waals surface area contributed by atoms with Crippen LogP contribution in [0, 0.1) is 17.8 Å². The van der Waals surface area contributed by atoms with Gasteiger partial charge in [0.1, 0.15) is 0 Å². The molecule has 3 nitrogen and oxygen atoms in total. The van der Waals surface area contributed by atoms with Gasteiger partial charge >= 0.3 is 6.18 Å². The molecule has 6 heteroatoms. The average molecular weight is 465 g/mol. The van der Waals surface area contributed by atoms with Crippen LogP contribution in [0.1, 0.15) is 56.1 Å². The van der Waals surface area contributed by atoms with Crippen LogP contribution in [-0.2, 0) is 11.1 Å². The summed E-state index contributed by atoms with van der Waals surface area (Å²) in [4.78, 5) is 0. The standard InChI is InChI=1S/C28H27F3N2O/c29-28(30,31)27(34)23-8-2-1-6-22(23)25-21(7-3-9-24(25)27)19-15-32-33(16-19)26-10-4-5-17-11-18(14-26)13-20(26)12-17/h1-3,6-9,15-18,20,34H,4-5,10-14H2. The highest BCUT2D eigenvalue weighted by atomic mass is 19.4. The first-order valence-electron chi connectivity index (χ1n) is 12.4. The molecule has 0 spiro atoms. The Bertz CT molecular complexity index is 1300. The van der Waals surface area contributed by atoms with Gasteiger partial charge in [-0.15, -0.1) is 0 Å². The van der Waals surface area contributed by atoms with Crippen molar-refractivity contribution in [2.24, 2.45) is 17.8 Å². The molecule has 3 aromatic rings. The third-order valence-electron chi connectivity index (χ3n) is 9.33. The number of hydrogen-bond donors (Lipinski definition) is 1. The van der Waals surface area contributed by atoms with Crippen LogP contribution < -0.4 is 0 Å². The Morgan fingerprint density at radius 2 is 1.71 bits per heavy atom. The minimum atomic E-state index is -4.83. The number of hydrogen-bond acceptors (Lipinski definition) is 2. The van der Waals surface area contributed by atoms with E-state index in [1.165, 1.54) is 50.7 Å². The van der Waals surface area contributed by atoms with Crippen molar-refractivity contribution in [2.45, 2.75) is 62.3 Å². The van der Waals surface area contributed by atoms with Gasteiger partial charge in [0, 0.05) is 22.9 Å². The average Bonchev–Trinajstić information content (AvgIpc) is 3.45. The van der Waals surface area contributed by atoms with Crippen LogP contribution in [0.15, 0.2) is 54.9 Å². The van der Waals surface area contributed by atoms with Gasteiger partial charge in [-0.2, -0.15) is 18.3 Å². The Kier molecular flexibility index (Phi) is 4.12. The summed E-state index contributed by atoms with van der Waals surface area (Å²) in [5, 5.41) is 15.9. The maximum absolute atomic E-state index is 14.2. The van der Waals surface area contributed by atoms with E-state index in [9.17, 15) is 18.3 Å². The number of alkyl halides is 3. The lowest BCUT2D eigenvalue weighted by molar-refractivity contribution is -0.246. The van der Waals surface area contributed by atoms with E-state index in [2.05, 4.69) is 10.9 Å². The molecule has 1 heterocycles. The Balaban J connectivity index is 1.38. The summed E-state index contributed by atoms with van der Waals surface area (Å²) in [5.74, 6) is 2.26. The smallest absolute Gasteiger partial charge is 0.372 e. The zero-order valence-corrected chi connectivity index (χ0v) is 18.9. The lowest BCUT2D eigenvalue weighted by Gasteiger charge is -2.35. The second kappa shape index (κ2) is 6.75. The lowest BCUT2D eigenvalue weighted by atomic mass is 9.79. The molecule has 3 fully saturated rings. The molecule has 0 radical (unpaired) electrons. The van der Waals surface area contributed by atoms with Crippen molar-refractivity contribution in [2.75, 3.05) is 0 Å². The fourth-order valence-electron chi connectivity index (χ4n) is 8.03. The van der Waals surface area contributed by atoms with Crippen molar-refractivity contribution < 1.29 is 18.3 Å². The van der Waals surface area contributed by atoms with Gasteiger partial charge in [0.15, 0.2) is 0 Å². The molecule has 5 unspecified atom stereocenters. The van der Waals surface area contributed by atoms with E-state index in [4.69, 9.17) is 5.10 Å². The molecular weight excluding hydrogens is 437 g/mol. The van der Waals surface area contributed by atoms with Crippen molar-refractivity contribution in [3.05, 3.63) is 66.0 Å². The Morgan fingerprint density at radius 1 is 0.941 bits per heavy atom. The molecule has 3 bridgehead atoms. The molecular formula is C28H27F3N2O. The van der Waals surface area contributed by atoms with Gasteiger partial charge < -0.3 is 5.11 Å². The maximum atomic E-state index is 14.2. The number of aliphatic hydroxyl groups is 1. The van der Waals surface area contributed by atoms with Crippen LogP contribution in [0.25, 0.3) is 22.3 Å². The Hall–Kier alpha value is -2.60. The summed E-state index contributed by atoms with van der Waals surface area (Å²) >= 11 is 0. The van der Waals surface area contributed by atoms with Crippen LogP contribution in [0.4, 0.5) is 13.2 Å². The number of nitrogens with zero attached hydrogens (tertiary/aromatic N) is 2. The molecule has 2 aromatic carbocycles. The summed E-state index contributed by atoms with van der Waals surface area (Å²) in [5.41, 5.74) is -0.767. The third kappa shape index (κ3) is 2.55. The van der Waals surface area contributed by atoms with Crippen molar-refractivity contribution in [1.82, 2.24) is 9.78 Å². The van der Waals surface area contributed by atoms with Gasteiger partial charge in [-0.25, -0.2) is 0 Å². The fraction of sp³-hybridized carbons (Fsp3) is 0.464. The van der Waals surface area contributed by atoms with E-state index in [0.717, 1.165) is 23.8 Å². The number of rotatable bonds is 2. The van der Waals surface area contributed by atoms with Gasteiger partial charge in [-0.1, -0.05) is 55.3 Å². The predicted octanol–water partition coefficient (Wildman–Crippen LogP) is 6.64. The number of halogens is 3. The topological polar surface area (TPSA) is 38.1 Å². The van der Waals surface area contributed by atoms with Crippen molar-refractivity contribution >= 4 is 0 Å². The van der Waals surface area contributed by atoms with E-state index < -0.39 is 11.8 Å². The van der Waals surface area contributed by atoms with Crippen LogP contribution >= 0.6 is 0 Å². The van der Waals surface area contributed by atoms with Gasteiger partial charge in [-0.05, 0) is 66.5 Å². The SMILES string of the molecule is OC1(C(F)(F)F)c2ccccc2-c2c(-c3cnn(C45CCCC6CC(CC4C6)C5)c3)cccc21. The molecule has 0 saturated heterocycles. The second-order valence-corrected chi connectivity index (χ2v) is 11.0. The molecule has 3 saturated carbocycles. The van der Waals surface area contributed by atoms with Crippen LogP contribution in [0.5, 0.6) is 0 Å². The quantitative estimate of drug-likeness (QED) is 0.461. The predicted molar refractivity (Wildman–Crippen MR) is 123 cm³/mol. The van der Waals surface area contributed by atoms with Gasteiger partial charge in [0.05, 0.1) is 11.7 Å². The van der Waals surface area contributed by atoms with Gasteiger partial charge in [-0.3, -0.25) is 4.68 Å². The highest BCUT2D eigenvalue weighted by Gasteiger charge is 2.61. The van der Waals surface area contributed by atoms with Gasteiger partial charge in [0.2, 0.25) is 5.60 Å². The highest BCUT2D eigenvalue weighted by molar-refractivity contribution is 5.92. The zero-order chi connectivity index (χ0) is 23.3. The molecule has 1 aromatic heterocycles. The summed E-state index contributed by atoms with van der Waals surface area (Å²) < 4.78 is 44.9. The van der Waals surface area contributed by atoms with E-state index in [1.54, 1.807) is 24.3 Å².